The van der Waals surface area contributed by atoms with Gasteiger partial charge in [-0.2, -0.15) is 5.10 Å². The van der Waals surface area contributed by atoms with Crippen LogP contribution in [0.25, 0.3) is 0 Å². The van der Waals surface area contributed by atoms with Crippen LogP contribution in [-0.4, -0.2) is 16.1 Å². The molecule has 17 heavy (non-hydrogen) atoms. The number of hydrogen-bond donors (Lipinski definition) is 2. The van der Waals surface area contributed by atoms with E-state index in [1.165, 1.54) is 6.20 Å². The van der Waals surface area contributed by atoms with Crippen LogP contribution >= 0.6 is 11.6 Å². The first-order valence-electron chi connectivity index (χ1n) is 5.15. The lowest BCUT2D eigenvalue weighted by Crippen LogP contribution is -2.13. The minimum Gasteiger partial charge on any atom is -0.322 e. The van der Waals surface area contributed by atoms with Crippen LogP contribution in [0.1, 0.15) is 21.6 Å². The Morgan fingerprint density at radius 3 is 2.82 bits per heavy atom. The highest BCUT2D eigenvalue weighted by atomic mass is 35.5. The van der Waals surface area contributed by atoms with Gasteiger partial charge >= 0.3 is 0 Å². The van der Waals surface area contributed by atoms with Crippen LogP contribution in [0.2, 0.25) is 5.02 Å². The number of nitrogens with zero attached hydrogens (tertiary/aromatic N) is 1. The Hall–Kier alpha value is -1.81. The van der Waals surface area contributed by atoms with Gasteiger partial charge < -0.3 is 5.32 Å². The zero-order valence-electron chi connectivity index (χ0n) is 9.54. The fraction of sp³-hybridized carbons (Fsp3) is 0.167. The molecule has 1 aromatic carbocycles. The lowest BCUT2D eigenvalue weighted by Gasteiger charge is -2.08. The molecule has 0 atom stereocenters. The van der Waals surface area contributed by atoms with Crippen molar-refractivity contribution in [3.05, 3.63) is 46.2 Å². The maximum Gasteiger partial charge on any atom is 0.259 e. The Morgan fingerprint density at radius 2 is 2.18 bits per heavy atom. The van der Waals surface area contributed by atoms with Gasteiger partial charge in [-0.3, -0.25) is 9.89 Å². The second kappa shape index (κ2) is 4.59. The fourth-order valence-electron chi connectivity index (χ4n) is 1.50. The van der Waals surface area contributed by atoms with Crippen molar-refractivity contribution in [1.29, 1.82) is 0 Å². The molecule has 5 heteroatoms. The zero-order chi connectivity index (χ0) is 12.4. The molecule has 0 unspecified atom stereocenters. The van der Waals surface area contributed by atoms with Crippen LogP contribution in [0.4, 0.5) is 5.69 Å². The first-order valence-corrected chi connectivity index (χ1v) is 5.53. The summed E-state index contributed by atoms with van der Waals surface area (Å²) in [6.07, 6.45) is 1.50. The molecule has 0 aliphatic carbocycles. The van der Waals surface area contributed by atoms with Gasteiger partial charge in [0.25, 0.3) is 5.91 Å². The molecule has 2 N–H and O–H groups in total. The van der Waals surface area contributed by atoms with Crippen molar-refractivity contribution < 1.29 is 4.79 Å². The lowest BCUT2D eigenvalue weighted by molar-refractivity contribution is 0.102. The van der Waals surface area contributed by atoms with Gasteiger partial charge in [-0.05, 0) is 31.5 Å². The van der Waals surface area contributed by atoms with Crippen molar-refractivity contribution in [2.45, 2.75) is 13.8 Å². The second-order valence-electron chi connectivity index (χ2n) is 3.82. The zero-order valence-corrected chi connectivity index (χ0v) is 10.3. The highest BCUT2D eigenvalue weighted by molar-refractivity contribution is 6.31. The normalized spacial score (nSPS) is 10.3. The summed E-state index contributed by atoms with van der Waals surface area (Å²) in [5.74, 6) is -0.193. The van der Waals surface area contributed by atoms with Crippen LogP contribution in [0.3, 0.4) is 0 Å². The van der Waals surface area contributed by atoms with Crippen molar-refractivity contribution in [3.8, 4) is 0 Å². The standard InChI is InChI=1S/C12H12ClN3O/c1-7-3-4-9(13)5-11(7)15-12(17)10-6-14-16-8(10)2/h3-6H,1-2H3,(H,14,16)(H,15,17). The van der Waals surface area contributed by atoms with Crippen LogP contribution in [-0.2, 0) is 0 Å². The maximum absolute atomic E-state index is 11.9. The van der Waals surface area contributed by atoms with Crippen LogP contribution in [0.15, 0.2) is 24.4 Å². The highest BCUT2D eigenvalue weighted by Crippen LogP contribution is 2.21. The molecule has 1 amide bonds. The first kappa shape index (κ1) is 11.7. The van der Waals surface area contributed by atoms with Gasteiger partial charge in [0.05, 0.1) is 11.8 Å². The molecule has 0 aliphatic rings. The average Bonchev–Trinajstić information content (AvgIpc) is 2.70. The van der Waals surface area contributed by atoms with E-state index in [4.69, 9.17) is 11.6 Å². The largest absolute Gasteiger partial charge is 0.322 e. The van der Waals surface area contributed by atoms with Crippen molar-refractivity contribution in [3.63, 3.8) is 0 Å². The number of aromatic amines is 1. The van der Waals surface area contributed by atoms with Crippen molar-refractivity contribution in [2.24, 2.45) is 0 Å². The summed E-state index contributed by atoms with van der Waals surface area (Å²) < 4.78 is 0. The third-order valence-electron chi connectivity index (χ3n) is 2.52. The predicted octanol–water partition coefficient (Wildman–Crippen LogP) is 2.93. The fourth-order valence-corrected chi connectivity index (χ4v) is 1.67. The van der Waals surface area contributed by atoms with E-state index in [1.54, 1.807) is 19.1 Å². The summed E-state index contributed by atoms with van der Waals surface area (Å²) in [4.78, 5) is 11.9. The van der Waals surface area contributed by atoms with E-state index in [1.807, 2.05) is 13.0 Å². The quantitative estimate of drug-likeness (QED) is 0.860. The summed E-state index contributed by atoms with van der Waals surface area (Å²) in [7, 11) is 0. The van der Waals surface area contributed by atoms with E-state index in [0.29, 0.717) is 16.3 Å². The number of halogens is 1. The molecule has 2 rings (SSSR count). The monoisotopic (exact) mass is 249 g/mol. The van der Waals surface area contributed by atoms with E-state index in [9.17, 15) is 4.79 Å². The molecule has 0 spiro atoms. The van der Waals surface area contributed by atoms with Crippen LogP contribution in [0.5, 0.6) is 0 Å². The number of anilines is 1. The van der Waals surface area contributed by atoms with Gasteiger partial charge in [0.2, 0.25) is 0 Å². The SMILES string of the molecule is Cc1ccc(Cl)cc1NC(=O)c1cn[nH]c1C. The molecule has 0 radical (unpaired) electrons. The van der Waals surface area contributed by atoms with Crippen LogP contribution < -0.4 is 5.32 Å². The number of amides is 1. The molecule has 1 aromatic heterocycles. The van der Waals surface area contributed by atoms with E-state index < -0.39 is 0 Å². The van der Waals surface area contributed by atoms with Crippen molar-refractivity contribution in [1.82, 2.24) is 10.2 Å². The number of aromatic nitrogens is 2. The third kappa shape index (κ3) is 2.47. The Balaban J connectivity index is 2.24. The summed E-state index contributed by atoms with van der Waals surface area (Å²) in [5, 5.41) is 9.94. The number of H-pyrrole nitrogens is 1. The first-order chi connectivity index (χ1) is 8.08. The smallest absolute Gasteiger partial charge is 0.259 e. The van der Waals surface area contributed by atoms with Crippen molar-refractivity contribution in [2.75, 3.05) is 5.32 Å². The number of benzene rings is 1. The summed E-state index contributed by atoms with van der Waals surface area (Å²) >= 11 is 5.89. The molecule has 1 heterocycles. The number of carbonyl (C=O) groups is 1. The van der Waals surface area contributed by atoms with Gasteiger partial charge in [-0.15, -0.1) is 0 Å². The molecule has 0 saturated carbocycles. The maximum atomic E-state index is 11.9. The third-order valence-corrected chi connectivity index (χ3v) is 2.76. The van der Waals surface area contributed by atoms with E-state index in [-0.39, 0.29) is 5.91 Å². The average molecular weight is 250 g/mol. The molecule has 0 fully saturated rings. The Bertz CT molecular complexity index is 563. The Morgan fingerprint density at radius 1 is 1.41 bits per heavy atom. The van der Waals surface area contributed by atoms with Gasteiger partial charge in [0.1, 0.15) is 0 Å². The molecule has 0 aliphatic heterocycles. The summed E-state index contributed by atoms with van der Waals surface area (Å²) in [5.41, 5.74) is 2.94. The molecule has 4 nitrogen and oxygen atoms in total. The predicted molar refractivity (Wildman–Crippen MR) is 67.5 cm³/mol. The molecule has 0 bridgehead atoms. The number of rotatable bonds is 2. The number of carbonyl (C=O) groups excluding carboxylic acids is 1. The molecule has 88 valence electrons. The van der Waals surface area contributed by atoms with E-state index >= 15 is 0 Å². The second-order valence-corrected chi connectivity index (χ2v) is 4.26. The van der Waals surface area contributed by atoms with Crippen LogP contribution in [0, 0.1) is 13.8 Å². The van der Waals surface area contributed by atoms with E-state index in [2.05, 4.69) is 15.5 Å². The molecule has 2 aromatic rings. The minimum atomic E-state index is -0.193. The number of nitrogens with one attached hydrogen (secondary N) is 2. The molecule has 0 saturated heterocycles. The Kier molecular flexibility index (Phi) is 3.15. The lowest BCUT2D eigenvalue weighted by atomic mass is 10.2. The molecular weight excluding hydrogens is 238 g/mol. The summed E-state index contributed by atoms with van der Waals surface area (Å²) in [6.45, 7) is 3.71. The highest BCUT2D eigenvalue weighted by Gasteiger charge is 2.12. The van der Waals surface area contributed by atoms with Crippen molar-refractivity contribution >= 4 is 23.2 Å². The minimum absolute atomic E-state index is 0.193. The van der Waals surface area contributed by atoms with E-state index in [0.717, 1.165) is 11.3 Å². The van der Waals surface area contributed by atoms with Gasteiger partial charge in [0, 0.05) is 16.4 Å². The Labute approximate surface area is 104 Å². The van der Waals surface area contributed by atoms with Gasteiger partial charge in [-0.25, -0.2) is 0 Å². The topological polar surface area (TPSA) is 57.8 Å². The van der Waals surface area contributed by atoms with Gasteiger partial charge in [0.15, 0.2) is 0 Å². The number of aryl methyl sites for hydroxylation is 2. The number of hydrogen-bond acceptors (Lipinski definition) is 2. The summed E-state index contributed by atoms with van der Waals surface area (Å²) in [6, 6.07) is 5.38. The molecular formula is C12H12ClN3O. The van der Waals surface area contributed by atoms with Gasteiger partial charge in [-0.1, -0.05) is 17.7 Å².